The third kappa shape index (κ3) is 2.75. The summed E-state index contributed by atoms with van der Waals surface area (Å²) in [6.07, 6.45) is 4.56. The number of pyridine rings is 1. The van der Waals surface area contributed by atoms with E-state index in [1.807, 2.05) is 0 Å². The standard InChI is InChI=1S/C9H6Cl2N4S/c10-6-1-5(12)2-15-9(6)16-8-4-13-7(11)3-14-8/h1-4H,12H2. The first kappa shape index (κ1) is 11.4. The molecule has 0 saturated carbocycles. The maximum absolute atomic E-state index is 5.97. The summed E-state index contributed by atoms with van der Waals surface area (Å²) in [4.78, 5) is 12.1. The Morgan fingerprint density at radius 2 is 1.88 bits per heavy atom. The van der Waals surface area contributed by atoms with Crippen LogP contribution in [-0.4, -0.2) is 15.0 Å². The van der Waals surface area contributed by atoms with Gasteiger partial charge in [0.2, 0.25) is 0 Å². The average molecular weight is 273 g/mol. The predicted octanol–water partition coefficient (Wildman–Crippen LogP) is 2.91. The fourth-order valence-electron chi connectivity index (χ4n) is 0.967. The summed E-state index contributed by atoms with van der Waals surface area (Å²) in [5, 5.41) is 2.14. The van der Waals surface area contributed by atoms with Gasteiger partial charge in [0.05, 0.1) is 29.3 Å². The van der Waals surface area contributed by atoms with Crippen molar-refractivity contribution in [2.24, 2.45) is 0 Å². The quantitative estimate of drug-likeness (QED) is 0.911. The lowest BCUT2D eigenvalue weighted by molar-refractivity contribution is 1.04. The topological polar surface area (TPSA) is 64.7 Å². The largest absolute Gasteiger partial charge is 0.397 e. The van der Waals surface area contributed by atoms with Crippen molar-refractivity contribution >= 4 is 40.7 Å². The molecule has 16 heavy (non-hydrogen) atoms. The molecule has 2 aromatic heterocycles. The van der Waals surface area contributed by atoms with Gasteiger partial charge in [0.15, 0.2) is 0 Å². The van der Waals surface area contributed by atoms with Gasteiger partial charge in [-0.3, -0.25) is 0 Å². The van der Waals surface area contributed by atoms with E-state index < -0.39 is 0 Å². The predicted molar refractivity (Wildman–Crippen MR) is 64.8 cm³/mol. The summed E-state index contributed by atoms with van der Waals surface area (Å²) in [6, 6.07) is 1.64. The molecule has 0 bridgehead atoms. The smallest absolute Gasteiger partial charge is 0.147 e. The molecule has 82 valence electrons. The maximum atomic E-state index is 5.97. The van der Waals surface area contributed by atoms with Crippen LogP contribution in [0.15, 0.2) is 34.7 Å². The molecule has 2 rings (SSSR count). The van der Waals surface area contributed by atoms with Crippen molar-refractivity contribution < 1.29 is 0 Å². The second kappa shape index (κ2) is 4.86. The number of nitrogens with zero attached hydrogens (tertiary/aromatic N) is 3. The van der Waals surface area contributed by atoms with Crippen molar-refractivity contribution in [1.29, 1.82) is 0 Å². The van der Waals surface area contributed by atoms with Gasteiger partial charge in [-0.25, -0.2) is 15.0 Å². The zero-order valence-corrected chi connectivity index (χ0v) is 10.2. The van der Waals surface area contributed by atoms with E-state index >= 15 is 0 Å². The molecule has 2 N–H and O–H groups in total. The third-order valence-corrected chi connectivity index (χ3v) is 3.16. The van der Waals surface area contributed by atoms with E-state index in [0.717, 1.165) is 0 Å². The van der Waals surface area contributed by atoms with E-state index in [0.29, 0.717) is 25.9 Å². The third-order valence-electron chi connectivity index (χ3n) is 1.63. The molecule has 2 aromatic rings. The van der Waals surface area contributed by atoms with Gasteiger partial charge in [-0.1, -0.05) is 23.2 Å². The van der Waals surface area contributed by atoms with Gasteiger partial charge >= 0.3 is 0 Å². The van der Waals surface area contributed by atoms with E-state index in [9.17, 15) is 0 Å². The van der Waals surface area contributed by atoms with Gasteiger partial charge < -0.3 is 5.73 Å². The molecule has 0 saturated heterocycles. The van der Waals surface area contributed by atoms with Crippen LogP contribution in [0.1, 0.15) is 0 Å². The first-order chi connectivity index (χ1) is 7.65. The minimum absolute atomic E-state index is 0.348. The fraction of sp³-hybridized carbons (Fsp3) is 0. The number of nitrogens with two attached hydrogens (primary N) is 1. The molecule has 0 unspecified atom stereocenters. The number of halogens is 2. The molecule has 0 aromatic carbocycles. The second-order valence-electron chi connectivity index (χ2n) is 2.84. The van der Waals surface area contributed by atoms with Crippen LogP contribution in [0.25, 0.3) is 0 Å². The maximum Gasteiger partial charge on any atom is 0.147 e. The minimum atomic E-state index is 0.348. The highest BCUT2D eigenvalue weighted by atomic mass is 35.5. The Morgan fingerprint density at radius 3 is 2.50 bits per heavy atom. The zero-order chi connectivity index (χ0) is 11.5. The number of rotatable bonds is 2. The molecule has 4 nitrogen and oxygen atoms in total. The normalized spacial score (nSPS) is 10.4. The molecule has 0 amide bonds. The Kier molecular flexibility index (Phi) is 3.48. The van der Waals surface area contributed by atoms with E-state index in [1.54, 1.807) is 12.3 Å². The summed E-state index contributed by atoms with van der Waals surface area (Å²) in [5.74, 6) is 0. The van der Waals surface area contributed by atoms with E-state index in [-0.39, 0.29) is 0 Å². The first-order valence-corrected chi connectivity index (χ1v) is 5.79. The monoisotopic (exact) mass is 272 g/mol. The Labute approximate surface area is 106 Å². The fourth-order valence-corrected chi connectivity index (χ4v) is 2.03. The summed E-state index contributed by atoms with van der Waals surface area (Å²) in [6.45, 7) is 0. The van der Waals surface area contributed by atoms with Crippen LogP contribution >= 0.6 is 35.0 Å². The van der Waals surface area contributed by atoms with Crippen molar-refractivity contribution in [3.63, 3.8) is 0 Å². The molecule has 7 heteroatoms. The van der Waals surface area contributed by atoms with E-state index in [4.69, 9.17) is 28.9 Å². The van der Waals surface area contributed by atoms with E-state index in [2.05, 4.69) is 15.0 Å². The SMILES string of the molecule is Nc1cnc(Sc2cnc(Cl)cn2)c(Cl)c1. The van der Waals surface area contributed by atoms with Crippen molar-refractivity contribution in [3.05, 3.63) is 34.8 Å². The number of anilines is 1. The Bertz CT molecular complexity index is 503. The Hall–Kier alpha value is -1.04. The molecule has 0 radical (unpaired) electrons. The lowest BCUT2D eigenvalue weighted by atomic mass is 10.4. The summed E-state index contributed by atoms with van der Waals surface area (Å²) >= 11 is 12.9. The summed E-state index contributed by atoms with van der Waals surface area (Å²) in [5.41, 5.74) is 6.06. The average Bonchev–Trinajstić information content (AvgIpc) is 2.25. The van der Waals surface area contributed by atoms with Crippen LogP contribution in [-0.2, 0) is 0 Å². The molecular formula is C9H6Cl2N4S. The van der Waals surface area contributed by atoms with Gasteiger partial charge in [-0.2, -0.15) is 0 Å². The van der Waals surface area contributed by atoms with Crippen molar-refractivity contribution in [1.82, 2.24) is 15.0 Å². The molecule has 0 aliphatic rings. The van der Waals surface area contributed by atoms with Crippen LogP contribution < -0.4 is 5.73 Å². The van der Waals surface area contributed by atoms with E-state index in [1.165, 1.54) is 24.2 Å². The number of nitrogen functional groups attached to an aromatic ring is 1. The molecule has 0 fully saturated rings. The molecule has 0 aliphatic carbocycles. The van der Waals surface area contributed by atoms with Gasteiger partial charge in [0.1, 0.15) is 15.2 Å². The summed E-state index contributed by atoms with van der Waals surface area (Å²) in [7, 11) is 0. The van der Waals surface area contributed by atoms with Crippen LogP contribution in [0.5, 0.6) is 0 Å². The number of hydrogen-bond donors (Lipinski definition) is 1. The number of aromatic nitrogens is 3. The molecule has 0 atom stereocenters. The van der Waals surface area contributed by atoms with Crippen LogP contribution in [0.3, 0.4) is 0 Å². The van der Waals surface area contributed by atoms with Crippen LogP contribution in [0, 0.1) is 0 Å². The number of hydrogen-bond acceptors (Lipinski definition) is 5. The zero-order valence-electron chi connectivity index (χ0n) is 7.89. The highest BCUT2D eigenvalue weighted by Crippen LogP contribution is 2.30. The van der Waals surface area contributed by atoms with Crippen LogP contribution in [0.2, 0.25) is 10.2 Å². The lowest BCUT2D eigenvalue weighted by Gasteiger charge is -2.02. The molecule has 0 aliphatic heterocycles. The van der Waals surface area contributed by atoms with Crippen LogP contribution in [0.4, 0.5) is 5.69 Å². The molecular weight excluding hydrogens is 267 g/mol. The Balaban J connectivity index is 2.23. The first-order valence-electron chi connectivity index (χ1n) is 4.21. The van der Waals surface area contributed by atoms with Gasteiger partial charge in [0, 0.05) is 0 Å². The lowest BCUT2D eigenvalue weighted by Crippen LogP contribution is -1.89. The van der Waals surface area contributed by atoms with Crippen molar-refractivity contribution in [3.8, 4) is 0 Å². The minimum Gasteiger partial charge on any atom is -0.397 e. The molecule has 0 spiro atoms. The van der Waals surface area contributed by atoms with Gasteiger partial charge in [0.25, 0.3) is 0 Å². The molecule has 2 heterocycles. The van der Waals surface area contributed by atoms with Crippen molar-refractivity contribution in [2.45, 2.75) is 10.1 Å². The van der Waals surface area contributed by atoms with Crippen molar-refractivity contribution in [2.75, 3.05) is 5.73 Å². The highest BCUT2D eigenvalue weighted by Gasteiger charge is 2.06. The Morgan fingerprint density at radius 1 is 1.06 bits per heavy atom. The summed E-state index contributed by atoms with van der Waals surface area (Å²) < 4.78 is 0. The second-order valence-corrected chi connectivity index (χ2v) is 4.64. The highest BCUT2D eigenvalue weighted by molar-refractivity contribution is 7.99. The van der Waals surface area contributed by atoms with Gasteiger partial charge in [-0.05, 0) is 17.8 Å². The van der Waals surface area contributed by atoms with Gasteiger partial charge in [-0.15, -0.1) is 0 Å².